The molecular weight excluding hydrogens is 272 g/mol. The first-order valence-electron chi connectivity index (χ1n) is 6.64. The lowest BCUT2D eigenvalue weighted by atomic mass is 10.1. The number of nitrogens with zero attached hydrogens (tertiary/aromatic N) is 2. The van der Waals surface area contributed by atoms with Crippen molar-refractivity contribution in [2.75, 3.05) is 16.3 Å². The number of anilines is 3. The number of hydrogen-bond donors (Lipinski definition) is 0. The smallest absolute Gasteiger partial charge is 0.321 e. The molecule has 0 aromatic heterocycles. The molecule has 1 aliphatic rings. The van der Waals surface area contributed by atoms with Crippen molar-refractivity contribution in [1.82, 2.24) is 0 Å². The van der Waals surface area contributed by atoms with Gasteiger partial charge in [0.05, 0.1) is 17.9 Å². The van der Waals surface area contributed by atoms with Gasteiger partial charge in [0.2, 0.25) is 0 Å². The van der Waals surface area contributed by atoms with Crippen LogP contribution in [0.15, 0.2) is 48.5 Å². The molecule has 1 aliphatic heterocycles. The lowest BCUT2D eigenvalue weighted by Gasteiger charge is -2.25. The van der Waals surface area contributed by atoms with Crippen molar-refractivity contribution in [3.63, 3.8) is 0 Å². The molecule has 3 nitrogen and oxygen atoms in total. The van der Waals surface area contributed by atoms with Crippen LogP contribution in [0, 0.1) is 0 Å². The Morgan fingerprint density at radius 1 is 1.05 bits per heavy atom. The number of hydrogen-bond acceptors (Lipinski definition) is 2. The topological polar surface area (TPSA) is 23.6 Å². The van der Waals surface area contributed by atoms with Crippen molar-refractivity contribution in [1.29, 1.82) is 0 Å². The van der Waals surface area contributed by atoms with E-state index in [1.165, 1.54) is 0 Å². The van der Waals surface area contributed by atoms with Gasteiger partial charge in [0, 0.05) is 12.2 Å². The molecule has 0 fully saturated rings. The van der Waals surface area contributed by atoms with Crippen molar-refractivity contribution < 1.29 is 4.79 Å². The van der Waals surface area contributed by atoms with E-state index in [4.69, 9.17) is 11.6 Å². The van der Waals surface area contributed by atoms with Gasteiger partial charge in [-0.2, -0.15) is 0 Å². The van der Waals surface area contributed by atoms with Gasteiger partial charge in [-0.05, 0) is 42.3 Å². The zero-order valence-electron chi connectivity index (χ0n) is 11.2. The summed E-state index contributed by atoms with van der Waals surface area (Å²) in [5.41, 5.74) is 4.09. The standard InChI is InChI=1S/C16H15ClN2O/c1-2-18-13-8-4-3-7-12(13)11-19(16(17)20)15-10-6-5-9-14(15)18/h3-10H,2,11H2,1H3. The van der Waals surface area contributed by atoms with Crippen molar-refractivity contribution in [3.8, 4) is 0 Å². The Morgan fingerprint density at radius 2 is 1.65 bits per heavy atom. The van der Waals surface area contributed by atoms with Crippen molar-refractivity contribution in [3.05, 3.63) is 54.1 Å². The molecule has 102 valence electrons. The number of carbonyl (C=O) groups excluding carboxylic acids is 1. The summed E-state index contributed by atoms with van der Waals surface area (Å²) in [5, 5.41) is -0.454. The molecule has 4 heteroatoms. The third-order valence-electron chi connectivity index (χ3n) is 3.60. The number of benzene rings is 2. The maximum atomic E-state index is 11.8. The van der Waals surface area contributed by atoms with Crippen molar-refractivity contribution in [2.24, 2.45) is 0 Å². The SMILES string of the molecule is CCN1c2ccccc2CN(C(=O)Cl)c2ccccc21. The van der Waals surface area contributed by atoms with E-state index >= 15 is 0 Å². The van der Waals surface area contributed by atoms with Crippen LogP contribution in [0.3, 0.4) is 0 Å². The summed E-state index contributed by atoms with van der Waals surface area (Å²) in [6.45, 7) is 3.43. The van der Waals surface area contributed by atoms with Crippen molar-refractivity contribution >= 4 is 34.0 Å². The molecule has 0 unspecified atom stereocenters. The minimum atomic E-state index is -0.454. The first kappa shape index (κ1) is 13.0. The Hall–Kier alpha value is -2.00. The second-order valence-corrected chi connectivity index (χ2v) is 5.02. The van der Waals surface area contributed by atoms with E-state index in [-0.39, 0.29) is 0 Å². The number of fused-ring (bicyclic) bond motifs is 2. The molecule has 1 heterocycles. The summed E-state index contributed by atoms with van der Waals surface area (Å²) in [6, 6.07) is 16.0. The molecule has 0 bridgehead atoms. The zero-order valence-corrected chi connectivity index (χ0v) is 12.0. The highest BCUT2D eigenvalue weighted by Crippen LogP contribution is 2.40. The Balaban J connectivity index is 2.25. The second-order valence-electron chi connectivity index (χ2n) is 4.70. The molecule has 20 heavy (non-hydrogen) atoms. The summed E-state index contributed by atoms with van der Waals surface area (Å²) >= 11 is 5.78. The number of para-hydroxylation sites is 3. The van der Waals surface area contributed by atoms with Crippen LogP contribution in [0.25, 0.3) is 0 Å². The van der Waals surface area contributed by atoms with Crippen LogP contribution >= 0.6 is 11.6 Å². The zero-order chi connectivity index (χ0) is 14.1. The van der Waals surface area contributed by atoms with Gasteiger partial charge in [-0.1, -0.05) is 30.3 Å². The molecule has 0 saturated carbocycles. The fourth-order valence-electron chi connectivity index (χ4n) is 2.71. The summed E-state index contributed by atoms with van der Waals surface area (Å²) in [4.78, 5) is 15.6. The normalized spacial score (nSPS) is 13.5. The molecule has 0 radical (unpaired) electrons. The third kappa shape index (κ3) is 2.04. The summed E-state index contributed by atoms with van der Waals surface area (Å²) < 4.78 is 0. The highest BCUT2D eigenvalue weighted by molar-refractivity contribution is 6.66. The Bertz CT molecular complexity index is 656. The van der Waals surface area contributed by atoms with Gasteiger partial charge >= 0.3 is 5.37 Å². The van der Waals surface area contributed by atoms with Gasteiger partial charge in [0.15, 0.2) is 0 Å². The van der Waals surface area contributed by atoms with E-state index < -0.39 is 5.37 Å². The summed E-state index contributed by atoms with van der Waals surface area (Å²) in [6.07, 6.45) is 0. The molecule has 0 saturated heterocycles. The van der Waals surface area contributed by atoms with Crippen molar-refractivity contribution in [2.45, 2.75) is 13.5 Å². The van der Waals surface area contributed by atoms with Gasteiger partial charge in [-0.15, -0.1) is 0 Å². The largest absolute Gasteiger partial charge is 0.340 e. The first-order valence-corrected chi connectivity index (χ1v) is 7.01. The van der Waals surface area contributed by atoms with E-state index in [1.54, 1.807) is 4.90 Å². The molecule has 2 aromatic rings. The molecule has 3 rings (SSSR count). The van der Waals surface area contributed by atoms with Crippen LogP contribution in [0.5, 0.6) is 0 Å². The Labute approximate surface area is 123 Å². The average Bonchev–Trinajstić information content (AvgIpc) is 2.61. The molecular formula is C16H15ClN2O. The maximum absolute atomic E-state index is 11.8. The molecule has 0 atom stereocenters. The first-order chi connectivity index (χ1) is 9.72. The van der Waals surface area contributed by atoms with Crippen LogP contribution < -0.4 is 9.80 Å². The highest BCUT2D eigenvalue weighted by atomic mass is 35.5. The van der Waals surface area contributed by atoms with Gasteiger partial charge in [0.1, 0.15) is 0 Å². The summed E-state index contributed by atoms with van der Waals surface area (Å²) in [7, 11) is 0. The van der Waals surface area contributed by atoms with Crippen LogP contribution in [0.1, 0.15) is 12.5 Å². The average molecular weight is 287 g/mol. The Morgan fingerprint density at radius 3 is 2.30 bits per heavy atom. The lowest BCUT2D eigenvalue weighted by molar-refractivity contribution is 0.264. The van der Waals surface area contributed by atoms with E-state index in [9.17, 15) is 4.79 Å². The van der Waals surface area contributed by atoms with E-state index in [2.05, 4.69) is 17.9 Å². The molecule has 0 N–H and O–H groups in total. The lowest BCUT2D eigenvalue weighted by Crippen LogP contribution is -2.24. The number of carbonyl (C=O) groups is 1. The van der Waals surface area contributed by atoms with E-state index in [0.717, 1.165) is 29.2 Å². The van der Waals surface area contributed by atoms with E-state index in [1.807, 2.05) is 42.5 Å². The minimum Gasteiger partial charge on any atom is -0.340 e. The van der Waals surface area contributed by atoms with Gasteiger partial charge < -0.3 is 4.90 Å². The number of amides is 1. The molecule has 0 aliphatic carbocycles. The Kier molecular flexibility index (Phi) is 3.36. The molecule has 0 spiro atoms. The van der Waals surface area contributed by atoms with Crippen LogP contribution in [-0.2, 0) is 6.54 Å². The highest BCUT2D eigenvalue weighted by Gasteiger charge is 2.26. The van der Waals surface area contributed by atoms with Crippen LogP contribution in [0.4, 0.5) is 21.9 Å². The maximum Gasteiger partial charge on any atom is 0.321 e. The van der Waals surface area contributed by atoms with Gasteiger partial charge in [-0.3, -0.25) is 9.69 Å². The predicted octanol–water partition coefficient (Wildman–Crippen LogP) is 4.52. The summed E-state index contributed by atoms with van der Waals surface area (Å²) in [5.74, 6) is 0. The van der Waals surface area contributed by atoms with Crippen LogP contribution in [-0.4, -0.2) is 11.9 Å². The van der Waals surface area contributed by atoms with Crippen LogP contribution in [0.2, 0.25) is 0 Å². The monoisotopic (exact) mass is 286 g/mol. The van der Waals surface area contributed by atoms with E-state index in [0.29, 0.717) is 6.54 Å². The predicted molar refractivity (Wildman–Crippen MR) is 83.0 cm³/mol. The second kappa shape index (κ2) is 5.17. The third-order valence-corrected chi connectivity index (χ3v) is 3.81. The number of rotatable bonds is 1. The quantitative estimate of drug-likeness (QED) is 0.568. The van der Waals surface area contributed by atoms with Gasteiger partial charge in [-0.25, -0.2) is 0 Å². The molecule has 2 aromatic carbocycles. The number of halogens is 1. The fourth-order valence-corrected chi connectivity index (χ4v) is 2.86. The van der Waals surface area contributed by atoms with Gasteiger partial charge in [0.25, 0.3) is 0 Å². The molecule has 1 amide bonds. The fraction of sp³-hybridized carbons (Fsp3) is 0.188. The minimum absolute atomic E-state index is 0.454.